The van der Waals surface area contributed by atoms with Crippen LogP contribution in [0, 0.1) is 17.0 Å². The Balaban J connectivity index is 2.01. The molecule has 1 N–H and O–H groups in total. The first kappa shape index (κ1) is 18.1. The van der Waals surface area contributed by atoms with Crippen LogP contribution in [0.4, 0.5) is 5.69 Å². The molecule has 0 spiro atoms. The van der Waals surface area contributed by atoms with Crippen LogP contribution in [0.15, 0.2) is 47.6 Å². The van der Waals surface area contributed by atoms with E-state index in [1.807, 2.05) is 31.2 Å². The maximum absolute atomic E-state index is 12.1. The monoisotopic (exact) mass is 341 g/mol. The summed E-state index contributed by atoms with van der Waals surface area (Å²) in [6, 6.07) is 11.6. The van der Waals surface area contributed by atoms with Gasteiger partial charge in [-0.25, -0.2) is 5.43 Å². The van der Waals surface area contributed by atoms with Gasteiger partial charge in [-0.15, -0.1) is 0 Å². The van der Waals surface area contributed by atoms with E-state index in [0.29, 0.717) is 12.2 Å². The second-order valence-electron chi connectivity index (χ2n) is 5.32. The maximum Gasteiger partial charge on any atom is 0.273 e. The van der Waals surface area contributed by atoms with Gasteiger partial charge in [-0.1, -0.05) is 13.0 Å². The number of carbonyl (C=O) groups excluding carboxylic acids is 1. The Hall–Kier alpha value is -3.22. The quantitative estimate of drug-likeness (QED) is 0.474. The smallest absolute Gasteiger partial charge is 0.273 e. The fraction of sp³-hybridized carbons (Fsp3) is 0.222. The van der Waals surface area contributed by atoms with Crippen molar-refractivity contribution >= 4 is 17.8 Å². The lowest BCUT2D eigenvalue weighted by atomic mass is 10.1. The number of hydrazone groups is 1. The minimum Gasteiger partial charge on any atom is -0.494 e. The molecule has 1 amide bonds. The number of hydrogen-bond donors (Lipinski definition) is 1. The van der Waals surface area contributed by atoms with Gasteiger partial charge >= 0.3 is 0 Å². The molecular weight excluding hydrogens is 322 g/mol. The SMILES string of the molecule is CCCOc1ccc(C=NNC(=O)c2cccc([N+](=O)[O-])c2C)cc1. The molecule has 0 saturated carbocycles. The number of amides is 1. The van der Waals surface area contributed by atoms with Crippen molar-refractivity contribution in [2.75, 3.05) is 6.61 Å². The van der Waals surface area contributed by atoms with Crippen LogP contribution < -0.4 is 10.2 Å². The normalized spacial score (nSPS) is 10.6. The Kier molecular flexibility index (Phi) is 6.22. The second kappa shape index (κ2) is 8.58. The van der Waals surface area contributed by atoms with Crippen LogP contribution in [0.1, 0.15) is 34.8 Å². The summed E-state index contributed by atoms with van der Waals surface area (Å²) in [5.74, 6) is 0.274. The molecule has 0 aliphatic rings. The molecule has 2 rings (SSSR count). The number of carbonyl (C=O) groups is 1. The van der Waals surface area contributed by atoms with Gasteiger partial charge in [0.15, 0.2) is 0 Å². The van der Waals surface area contributed by atoms with E-state index in [4.69, 9.17) is 4.74 Å². The average Bonchev–Trinajstić information content (AvgIpc) is 2.60. The second-order valence-corrected chi connectivity index (χ2v) is 5.32. The first-order valence-electron chi connectivity index (χ1n) is 7.83. The van der Waals surface area contributed by atoms with E-state index >= 15 is 0 Å². The Morgan fingerprint density at radius 3 is 2.64 bits per heavy atom. The largest absolute Gasteiger partial charge is 0.494 e. The van der Waals surface area contributed by atoms with Crippen molar-refractivity contribution in [2.24, 2.45) is 5.10 Å². The van der Waals surface area contributed by atoms with E-state index < -0.39 is 10.8 Å². The molecule has 0 saturated heterocycles. The molecule has 0 unspecified atom stereocenters. The van der Waals surface area contributed by atoms with Crippen molar-refractivity contribution in [3.05, 3.63) is 69.3 Å². The van der Waals surface area contributed by atoms with E-state index in [9.17, 15) is 14.9 Å². The molecule has 7 heteroatoms. The maximum atomic E-state index is 12.1. The Morgan fingerprint density at radius 1 is 1.28 bits per heavy atom. The zero-order chi connectivity index (χ0) is 18.2. The van der Waals surface area contributed by atoms with Gasteiger partial charge in [0.2, 0.25) is 0 Å². The Labute approximate surface area is 145 Å². The molecule has 130 valence electrons. The third-order valence-corrected chi connectivity index (χ3v) is 3.48. The van der Waals surface area contributed by atoms with Gasteiger partial charge in [0.25, 0.3) is 11.6 Å². The molecule has 0 aliphatic heterocycles. The Bertz CT molecular complexity index is 785. The molecule has 0 bridgehead atoms. The average molecular weight is 341 g/mol. The predicted molar refractivity (Wildman–Crippen MR) is 95.1 cm³/mol. The molecular formula is C18H19N3O4. The summed E-state index contributed by atoms with van der Waals surface area (Å²) in [6.45, 7) is 4.23. The molecule has 0 aromatic heterocycles. The molecule has 0 aliphatic carbocycles. The van der Waals surface area contributed by atoms with Crippen LogP contribution in [0.25, 0.3) is 0 Å². The highest BCUT2D eigenvalue weighted by Gasteiger charge is 2.17. The standard InChI is InChI=1S/C18H19N3O4/c1-3-11-25-15-9-7-14(8-10-15)12-19-20-18(22)16-5-4-6-17(13(16)2)21(23)24/h4-10,12H,3,11H2,1-2H3,(H,20,22). The summed E-state index contributed by atoms with van der Waals surface area (Å²) < 4.78 is 5.49. The van der Waals surface area contributed by atoms with Gasteiger partial charge < -0.3 is 4.74 Å². The number of nitro groups is 1. The van der Waals surface area contributed by atoms with E-state index in [1.54, 1.807) is 0 Å². The highest BCUT2D eigenvalue weighted by atomic mass is 16.6. The zero-order valence-corrected chi connectivity index (χ0v) is 14.1. The molecule has 0 radical (unpaired) electrons. The van der Waals surface area contributed by atoms with Crippen molar-refractivity contribution < 1.29 is 14.5 Å². The van der Waals surface area contributed by atoms with Gasteiger partial charge in [-0.3, -0.25) is 14.9 Å². The number of hydrogen-bond acceptors (Lipinski definition) is 5. The number of nitrogens with zero attached hydrogens (tertiary/aromatic N) is 2. The summed E-state index contributed by atoms with van der Waals surface area (Å²) in [7, 11) is 0. The summed E-state index contributed by atoms with van der Waals surface area (Å²) in [5, 5.41) is 14.8. The van der Waals surface area contributed by atoms with Crippen molar-refractivity contribution in [3.63, 3.8) is 0 Å². The summed E-state index contributed by atoms with van der Waals surface area (Å²) in [5.41, 5.74) is 3.59. The van der Waals surface area contributed by atoms with E-state index in [2.05, 4.69) is 10.5 Å². The molecule has 7 nitrogen and oxygen atoms in total. The molecule has 0 heterocycles. The number of benzene rings is 2. The lowest BCUT2D eigenvalue weighted by Crippen LogP contribution is -2.19. The van der Waals surface area contributed by atoms with E-state index in [-0.39, 0.29) is 11.3 Å². The minimum atomic E-state index is -0.516. The first-order chi connectivity index (χ1) is 12.0. The zero-order valence-electron chi connectivity index (χ0n) is 14.1. The van der Waals surface area contributed by atoms with Crippen LogP contribution in [-0.4, -0.2) is 23.7 Å². The summed E-state index contributed by atoms with van der Waals surface area (Å²) in [4.78, 5) is 22.5. The third kappa shape index (κ3) is 4.87. The summed E-state index contributed by atoms with van der Waals surface area (Å²) in [6.07, 6.45) is 2.43. The van der Waals surface area contributed by atoms with E-state index in [1.165, 1.54) is 31.3 Å². The number of ether oxygens (including phenoxy) is 1. The van der Waals surface area contributed by atoms with Crippen LogP contribution in [0.2, 0.25) is 0 Å². The third-order valence-electron chi connectivity index (χ3n) is 3.48. The lowest BCUT2D eigenvalue weighted by Gasteiger charge is -2.05. The fourth-order valence-electron chi connectivity index (χ4n) is 2.16. The van der Waals surface area contributed by atoms with Crippen molar-refractivity contribution in [1.82, 2.24) is 5.43 Å². The van der Waals surface area contributed by atoms with Crippen LogP contribution in [-0.2, 0) is 0 Å². The fourth-order valence-corrected chi connectivity index (χ4v) is 2.16. The highest BCUT2D eigenvalue weighted by Crippen LogP contribution is 2.20. The van der Waals surface area contributed by atoms with Crippen LogP contribution in [0.5, 0.6) is 5.75 Å². The first-order valence-corrected chi connectivity index (χ1v) is 7.83. The molecule has 2 aromatic carbocycles. The van der Waals surface area contributed by atoms with Gasteiger partial charge in [0.1, 0.15) is 5.75 Å². The molecule has 0 atom stereocenters. The molecule has 0 fully saturated rings. The van der Waals surface area contributed by atoms with Gasteiger partial charge in [-0.2, -0.15) is 5.10 Å². The van der Waals surface area contributed by atoms with Crippen LogP contribution in [0.3, 0.4) is 0 Å². The highest BCUT2D eigenvalue weighted by molar-refractivity contribution is 5.97. The Morgan fingerprint density at radius 2 is 2.00 bits per heavy atom. The molecule has 2 aromatic rings. The van der Waals surface area contributed by atoms with E-state index in [0.717, 1.165) is 17.7 Å². The predicted octanol–water partition coefficient (Wildman–Crippen LogP) is 3.46. The van der Waals surface area contributed by atoms with Gasteiger partial charge in [0, 0.05) is 11.6 Å². The number of nitrogens with one attached hydrogen (secondary N) is 1. The lowest BCUT2D eigenvalue weighted by molar-refractivity contribution is -0.385. The molecule has 25 heavy (non-hydrogen) atoms. The van der Waals surface area contributed by atoms with Crippen molar-refractivity contribution in [3.8, 4) is 5.75 Å². The van der Waals surface area contributed by atoms with Gasteiger partial charge in [0.05, 0.1) is 23.3 Å². The number of nitro benzene ring substituents is 1. The minimum absolute atomic E-state index is 0.0979. The van der Waals surface area contributed by atoms with Gasteiger partial charge in [-0.05, 0) is 49.2 Å². The van der Waals surface area contributed by atoms with Crippen LogP contribution >= 0.6 is 0 Å². The topological polar surface area (TPSA) is 93.8 Å². The number of rotatable bonds is 7. The summed E-state index contributed by atoms with van der Waals surface area (Å²) >= 11 is 0. The van der Waals surface area contributed by atoms with Crippen molar-refractivity contribution in [2.45, 2.75) is 20.3 Å². The van der Waals surface area contributed by atoms with Crippen molar-refractivity contribution in [1.29, 1.82) is 0 Å².